The molecule has 0 radical (unpaired) electrons. The fraction of sp³-hybridized carbons (Fsp3) is 0.176. The smallest absolute Gasteiger partial charge is 0.125 e. The first-order chi connectivity index (χ1) is 9.76. The zero-order valence-electron chi connectivity index (χ0n) is 11.3. The number of benzene rings is 2. The van der Waals surface area contributed by atoms with Gasteiger partial charge < -0.3 is 9.73 Å². The Balaban J connectivity index is 1.88. The summed E-state index contributed by atoms with van der Waals surface area (Å²) in [6.45, 7) is 2.15. The molecule has 0 fully saturated rings. The first-order valence-electron chi connectivity index (χ1n) is 6.75. The van der Waals surface area contributed by atoms with Crippen LogP contribution in [0.15, 0.2) is 63.7 Å². The van der Waals surface area contributed by atoms with E-state index in [0.29, 0.717) is 0 Å². The van der Waals surface area contributed by atoms with E-state index in [2.05, 4.69) is 64.6 Å². The van der Waals surface area contributed by atoms with E-state index < -0.39 is 0 Å². The minimum absolute atomic E-state index is 0.206. The molecule has 0 amide bonds. The lowest BCUT2D eigenvalue weighted by Gasteiger charge is -2.16. The number of rotatable bonds is 4. The standard InChI is InChI=1S/C17H16BrNO/c1-2-16(17-4-3-9-20-17)19-15-8-6-12-10-14(18)7-5-13(12)11-15/h3-11,16,19H,2H2,1H3. The predicted molar refractivity (Wildman–Crippen MR) is 87.0 cm³/mol. The molecule has 2 aromatic carbocycles. The van der Waals surface area contributed by atoms with Gasteiger partial charge in [-0.05, 0) is 53.6 Å². The van der Waals surface area contributed by atoms with Crippen molar-refractivity contribution in [2.75, 3.05) is 5.32 Å². The van der Waals surface area contributed by atoms with Gasteiger partial charge in [-0.2, -0.15) is 0 Å². The Morgan fingerprint density at radius 2 is 1.90 bits per heavy atom. The number of hydrogen-bond donors (Lipinski definition) is 1. The van der Waals surface area contributed by atoms with Gasteiger partial charge in [0.05, 0.1) is 12.3 Å². The quantitative estimate of drug-likeness (QED) is 0.658. The van der Waals surface area contributed by atoms with E-state index in [9.17, 15) is 0 Å². The minimum atomic E-state index is 0.206. The molecule has 0 saturated carbocycles. The van der Waals surface area contributed by atoms with Crippen LogP contribution in [0.2, 0.25) is 0 Å². The van der Waals surface area contributed by atoms with Gasteiger partial charge in [-0.1, -0.05) is 35.0 Å². The van der Waals surface area contributed by atoms with Crippen molar-refractivity contribution in [3.8, 4) is 0 Å². The van der Waals surface area contributed by atoms with Crippen molar-refractivity contribution < 1.29 is 4.42 Å². The summed E-state index contributed by atoms with van der Waals surface area (Å²) in [5.41, 5.74) is 1.11. The molecule has 1 N–H and O–H groups in total. The lowest BCUT2D eigenvalue weighted by atomic mass is 10.1. The molecule has 1 heterocycles. The maximum Gasteiger partial charge on any atom is 0.125 e. The van der Waals surface area contributed by atoms with Gasteiger partial charge in [0, 0.05) is 10.2 Å². The maximum absolute atomic E-state index is 5.49. The average Bonchev–Trinajstić information content (AvgIpc) is 2.99. The molecule has 20 heavy (non-hydrogen) atoms. The molecule has 0 aliphatic rings. The Labute approximate surface area is 126 Å². The zero-order valence-corrected chi connectivity index (χ0v) is 12.9. The van der Waals surface area contributed by atoms with Gasteiger partial charge in [0.15, 0.2) is 0 Å². The largest absolute Gasteiger partial charge is 0.467 e. The molecule has 1 atom stereocenters. The molecule has 1 unspecified atom stereocenters. The Hall–Kier alpha value is -1.74. The van der Waals surface area contributed by atoms with Crippen molar-refractivity contribution in [1.82, 2.24) is 0 Å². The number of fused-ring (bicyclic) bond motifs is 1. The highest BCUT2D eigenvalue weighted by atomic mass is 79.9. The van der Waals surface area contributed by atoms with Crippen molar-refractivity contribution in [3.63, 3.8) is 0 Å². The van der Waals surface area contributed by atoms with Crippen molar-refractivity contribution in [1.29, 1.82) is 0 Å². The second-order valence-electron chi connectivity index (χ2n) is 4.83. The van der Waals surface area contributed by atoms with E-state index in [1.165, 1.54) is 10.8 Å². The zero-order chi connectivity index (χ0) is 13.9. The van der Waals surface area contributed by atoms with E-state index in [1.807, 2.05) is 12.1 Å². The maximum atomic E-state index is 5.49. The Morgan fingerprint density at radius 1 is 1.10 bits per heavy atom. The van der Waals surface area contributed by atoms with Crippen LogP contribution in [0.1, 0.15) is 25.1 Å². The van der Waals surface area contributed by atoms with Crippen LogP contribution in [0, 0.1) is 0 Å². The summed E-state index contributed by atoms with van der Waals surface area (Å²) >= 11 is 3.50. The van der Waals surface area contributed by atoms with Crippen LogP contribution in [0.4, 0.5) is 5.69 Å². The fourth-order valence-corrected chi connectivity index (χ4v) is 2.75. The number of halogens is 1. The van der Waals surface area contributed by atoms with E-state index in [-0.39, 0.29) is 6.04 Å². The van der Waals surface area contributed by atoms with Gasteiger partial charge in [0.1, 0.15) is 5.76 Å². The van der Waals surface area contributed by atoms with Crippen LogP contribution in [-0.4, -0.2) is 0 Å². The second-order valence-corrected chi connectivity index (χ2v) is 5.74. The molecule has 102 valence electrons. The molecule has 0 aliphatic heterocycles. The van der Waals surface area contributed by atoms with Crippen LogP contribution in [0.25, 0.3) is 10.8 Å². The Kier molecular flexibility index (Phi) is 3.79. The van der Waals surface area contributed by atoms with Crippen molar-refractivity contribution in [3.05, 3.63) is 65.0 Å². The Bertz CT molecular complexity index is 706. The van der Waals surface area contributed by atoms with Crippen molar-refractivity contribution in [2.24, 2.45) is 0 Å². The monoisotopic (exact) mass is 329 g/mol. The topological polar surface area (TPSA) is 25.2 Å². The van der Waals surface area contributed by atoms with Gasteiger partial charge in [0.2, 0.25) is 0 Å². The van der Waals surface area contributed by atoms with Crippen molar-refractivity contribution in [2.45, 2.75) is 19.4 Å². The summed E-state index contributed by atoms with van der Waals surface area (Å²) in [5, 5.41) is 5.99. The van der Waals surface area contributed by atoms with E-state index >= 15 is 0 Å². The third-order valence-electron chi connectivity index (χ3n) is 3.44. The predicted octanol–water partition coefficient (Wildman–Crippen LogP) is 5.76. The lowest BCUT2D eigenvalue weighted by molar-refractivity contribution is 0.474. The molecule has 1 aromatic heterocycles. The van der Waals surface area contributed by atoms with Crippen LogP contribution in [0.5, 0.6) is 0 Å². The number of furan rings is 1. The van der Waals surface area contributed by atoms with Gasteiger partial charge >= 0.3 is 0 Å². The summed E-state index contributed by atoms with van der Waals surface area (Å²) < 4.78 is 6.60. The molecular formula is C17H16BrNO. The number of nitrogens with one attached hydrogen (secondary N) is 1. The van der Waals surface area contributed by atoms with E-state index in [4.69, 9.17) is 4.42 Å². The van der Waals surface area contributed by atoms with Gasteiger partial charge in [-0.15, -0.1) is 0 Å². The second kappa shape index (κ2) is 5.71. The summed E-state index contributed by atoms with van der Waals surface area (Å²) in [4.78, 5) is 0. The third kappa shape index (κ3) is 2.73. The van der Waals surface area contributed by atoms with Crippen LogP contribution >= 0.6 is 15.9 Å². The first-order valence-corrected chi connectivity index (χ1v) is 7.55. The van der Waals surface area contributed by atoms with Gasteiger partial charge in [-0.25, -0.2) is 0 Å². The molecule has 0 aliphatic carbocycles. The van der Waals surface area contributed by atoms with E-state index in [0.717, 1.165) is 22.3 Å². The normalized spacial score (nSPS) is 12.5. The van der Waals surface area contributed by atoms with Gasteiger partial charge in [0.25, 0.3) is 0 Å². The first kappa shape index (κ1) is 13.3. The molecular weight excluding hydrogens is 314 g/mol. The molecule has 3 aromatic rings. The van der Waals surface area contributed by atoms with Crippen LogP contribution in [-0.2, 0) is 0 Å². The molecule has 0 saturated heterocycles. The average molecular weight is 330 g/mol. The van der Waals surface area contributed by atoms with Crippen LogP contribution in [0.3, 0.4) is 0 Å². The summed E-state index contributed by atoms with van der Waals surface area (Å²) in [6.07, 6.45) is 2.70. The van der Waals surface area contributed by atoms with Crippen molar-refractivity contribution >= 4 is 32.4 Å². The molecule has 2 nitrogen and oxygen atoms in total. The third-order valence-corrected chi connectivity index (χ3v) is 3.93. The van der Waals surface area contributed by atoms with Gasteiger partial charge in [-0.3, -0.25) is 0 Å². The van der Waals surface area contributed by atoms with E-state index in [1.54, 1.807) is 6.26 Å². The minimum Gasteiger partial charge on any atom is -0.467 e. The highest BCUT2D eigenvalue weighted by Gasteiger charge is 2.11. The summed E-state index contributed by atoms with van der Waals surface area (Å²) in [5.74, 6) is 0.975. The van der Waals surface area contributed by atoms with Crippen LogP contribution < -0.4 is 5.32 Å². The summed E-state index contributed by atoms with van der Waals surface area (Å²) in [6, 6.07) is 16.9. The number of hydrogen-bond acceptors (Lipinski definition) is 2. The lowest BCUT2D eigenvalue weighted by Crippen LogP contribution is -2.08. The molecule has 0 spiro atoms. The summed E-state index contributed by atoms with van der Waals surface area (Å²) in [7, 11) is 0. The SMILES string of the molecule is CCC(Nc1ccc2cc(Br)ccc2c1)c1ccco1. The highest BCUT2D eigenvalue weighted by molar-refractivity contribution is 9.10. The highest BCUT2D eigenvalue weighted by Crippen LogP contribution is 2.27. The molecule has 3 heteroatoms. The molecule has 0 bridgehead atoms. The molecule has 3 rings (SSSR count). The fourth-order valence-electron chi connectivity index (χ4n) is 2.37. The Morgan fingerprint density at radius 3 is 2.65 bits per heavy atom. The number of anilines is 1.